The third-order valence-corrected chi connectivity index (χ3v) is 4.29. The Balaban J connectivity index is 1.95. The summed E-state index contributed by atoms with van der Waals surface area (Å²) in [6.07, 6.45) is 4.04. The van der Waals surface area contributed by atoms with Gasteiger partial charge in [-0.1, -0.05) is 18.2 Å². The first-order valence-electron chi connectivity index (χ1n) is 7.51. The topological polar surface area (TPSA) is 52.0 Å². The van der Waals surface area contributed by atoms with Crippen molar-refractivity contribution in [2.24, 2.45) is 5.92 Å². The quantitative estimate of drug-likeness (QED) is 0.938. The van der Waals surface area contributed by atoms with E-state index in [1.54, 1.807) is 6.20 Å². The Bertz CT molecular complexity index is 666. The average Bonchev–Trinajstić information content (AvgIpc) is 2.55. The van der Waals surface area contributed by atoms with Crippen LogP contribution in [-0.2, 0) is 0 Å². The number of fused-ring (bicyclic) bond motifs is 1. The molecule has 0 radical (unpaired) electrons. The summed E-state index contributed by atoms with van der Waals surface area (Å²) in [5.74, 6) is 0.741. The highest BCUT2D eigenvalue weighted by atomic mass is 15.1. The molecule has 1 N–H and O–H groups in total. The van der Waals surface area contributed by atoms with Crippen LogP contribution in [0.4, 0.5) is 5.69 Å². The zero-order chi connectivity index (χ0) is 14.7. The van der Waals surface area contributed by atoms with Crippen molar-refractivity contribution in [1.82, 2.24) is 10.3 Å². The molecule has 1 aromatic carbocycles. The zero-order valence-corrected chi connectivity index (χ0v) is 12.3. The molecule has 4 heteroatoms. The molecular weight excluding hydrogens is 260 g/mol. The van der Waals surface area contributed by atoms with Crippen molar-refractivity contribution in [3.63, 3.8) is 0 Å². The monoisotopic (exact) mass is 280 g/mol. The number of nitriles is 1. The van der Waals surface area contributed by atoms with Gasteiger partial charge in [0.25, 0.3) is 0 Å². The number of aromatic nitrogens is 1. The molecule has 3 rings (SSSR count). The van der Waals surface area contributed by atoms with Gasteiger partial charge in [0.2, 0.25) is 0 Å². The summed E-state index contributed by atoms with van der Waals surface area (Å²) < 4.78 is 0. The molecule has 2 aromatic rings. The van der Waals surface area contributed by atoms with Crippen molar-refractivity contribution in [3.8, 4) is 6.07 Å². The van der Waals surface area contributed by atoms with Crippen LogP contribution in [-0.4, -0.2) is 31.7 Å². The van der Waals surface area contributed by atoms with Crippen LogP contribution in [0.1, 0.15) is 18.4 Å². The van der Waals surface area contributed by atoms with Gasteiger partial charge in [-0.05, 0) is 38.4 Å². The molecule has 0 amide bonds. The summed E-state index contributed by atoms with van der Waals surface area (Å²) in [4.78, 5) is 6.75. The lowest BCUT2D eigenvalue weighted by Crippen LogP contribution is -2.37. The number of hydrogen-bond donors (Lipinski definition) is 1. The second-order valence-electron chi connectivity index (χ2n) is 5.64. The molecule has 1 aliphatic rings. The molecule has 1 fully saturated rings. The summed E-state index contributed by atoms with van der Waals surface area (Å²) in [7, 11) is 2.01. The van der Waals surface area contributed by atoms with E-state index >= 15 is 0 Å². The normalized spacial score (nSPS) is 16.1. The summed E-state index contributed by atoms with van der Waals surface area (Å²) in [5.41, 5.74) is 2.70. The van der Waals surface area contributed by atoms with Crippen LogP contribution in [0.5, 0.6) is 0 Å². The smallest absolute Gasteiger partial charge is 0.103 e. The highest BCUT2D eigenvalue weighted by molar-refractivity contribution is 5.94. The maximum Gasteiger partial charge on any atom is 0.103 e. The second kappa shape index (κ2) is 6.11. The number of hydrogen-bond acceptors (Lipinski definition) is 4. The van der Waals surface area contributed by atoms with Gasteiger partial charge in [-0.3, -0.25) is 4.98 Å². The Kier molecular flexibility index (Phi) is 4.03. The number of rotatable bonds is 3. The first-order valence-corrected chi connectivity index (χ1v) is 7.51. The van der Waals surface area contributed by atoms with Crippen LogP contribution in [0.2, 0.25) is 0 Å². The number of para-hydroxylation sites is 1. The van der Waals surface area contributed by atoms with E-state index in [2.05, 4.69) is 27.3 Å². The summed E-state index contributed by atoms with van der Waals surface area (Å²) in [5, 5.41) is 13.8. The van der Waals surface area contributed by atoms with Gasteiger partial charge in [0.1, 0.15) is 6.07 Å². The fourth-order valence-corrected chi connectivity index (χ4v) is 3.20. The third kappa shape index (κ3) is 2.70. The van der Waals surface area contributed by atoms with Crippen molar-refractivity contribution in [2.75, 3.05) is 31.6 Å². The van der Waals surface area contributed by atoms with E-state index in [4.69, 9.17) is 0 Å². The first-order chi connectivity index (χ1) is 10.3. The van der Waals surface area contributed by atoms with Crippen LogP contribution in [0, 0.1) is 17.2 Å². The fourth-order valence-electron chi connectivity index (χ4n) is 3.20. The number of anilines is 1. The highest BCUT2D eigenvalue weighted by Gasteiger charge is 2.22. The number of benzene rings is 1. The Morgan fingerprint density at radius 1 is 1.33 bits per heavy atom. The molecule has 1 aliphatic heterocycles. The van der Waals surface area contributed by atoms with Gasteiger partial charge < -0.3 is 10.2 Å². The van der Waals surface area contributed by atoms with E-state index in [0.29, 0.717) is 5.56 Å². The molecule has 1 aromatic heterocycles. The standard InChI is InChI=1S/C17H20N4/c1-19-11-13-6-8-21(9-7-13)17-14(10-18)12-20-16-5-3-2-4-15(16)17/h2-5,12-13,19H,6-9,11H2,1H3. The van der Waals surface area contributed by atoms with Crippen molar-refractivity contribution in [2.45, 2.75) is 12.8 Å². The van der Waals surface area contributed by atoms with Crippen LogP contribution in [0.25, 0.3) is 10.9 Å². The third-order valence-electron chi connectivity index (χ3n) is 4.29. The van der Waals surface area contributed by atoms with Crippen molar-refractivity contribution in [1.29, 1.82) is 5.26 Å². The predicted molar refractivity (Wildman–Crippen MR) is 85.3 cm³/mol. The van der Waals surface area contributed by atoms with E-state index in [1.165, 1.54) is 12.8 Å². The van der Waals surface area contributed by atoms with E-state index in [1.807, 2.05) is 25.2 Å². The molecule has 0 aliphatic carbocycles. The Morgan fingerprint density at radius 3 is 2.81 bits per heavy atom. The molecule has 0 bridgehead atoms. The number of piperidine rings is 1. The lowest BCUT2D eigenvalue weighted by atomic mass is 9.95. The number of nitrogens with zero attached hydrogens (tertiary/aromatic N) is 3. The second-order valence-corrected chi connectivity index (χ2v) is 5.64. The van der Waals surface area contributed by atoms with Gasteiger partial charge in [-0.2, -0.15) is 5.26 Å². The fraction of sp³-hybridized carbons (Fsp3) is 0.412. The SMILES string of the molecule is CNCC1CCN(c2c(C#N)cnc3ccccc23)CC1. The van der Waals surface area contributed by atoms with E-state index in [-0.39, 0.29) is 0 Å². The van der Waals surface area contributed by atoms with Gasteiger partial charge in [-0.15, -0.1) is 0 Å². The number of nitrogens with one attached hydrogen (secondary N) is 1. The lowest BCUT2D eigenvalue weighted by molar-refractivity contribution is 0.394. The van der Waals surface area contributed by atoms with Crippen molar-refractivity contribution in [3.05, 3.63) is 36.0 Å². The Labute approximate surface area is 125 Å². The first kappa shape index (κ1) is 13.8. The molecule has 0 spiro atoms. The van der Waals surface area contributed by atoms with Crippen molar-refractivity contribution < 1.29 is 0 Å². The Morgan fingerprint density at radius 2 is 2.10 bits per heavy atom. The predicted octanol–water partition coefficient (Wildman–Crippen LogP) is 2.54. The largest absolute Gasteiger partial charge is 0.370 e. The van der Waals surface area contributed by atoms with Gasteiger partial charge in [0.15, 0.2) is 0 Å². The molecule has 0 unspecified atom stereocenters. The van der Waals surface area contributed by atoms with Gasteiger partial charge >= 0.3 is 0 Å². The van der Waals surface area contributed by atoms with Crippen LogP contribution < -0.4 is 10.2 Å². The van der Waals surface area contributed by atoms with Crippen molar-refractivity contribution >= 4 is 16.6 Å². The maximum atomic E-state index is 9.42. The minimum atomic E-state index is 0.681. The molecule has 2 heterocycles. The summed E-state index contributed by atoms with van der Waals surface area (Å²) >= 11 is 0. The van der Waals surface area contributed by atoms with E-state index in [0.717, 1.165) is 42.1 Å². The van der Waals surface area contributed by atoms with Gasteiger partial charge in [-0.25, -0.2) is 0 Å². The average molecular weight is 280 g/mol. The summed E-state index contributed by atoms with van der Waals surface area (Å²) in [6.45, 7) is 3.10. The molecule has 4 nitrogen and oxygen atoms in total. The van der Waals surface area contributed by atoms with Crippen LogP contribution in [0.3, 0.4) is 0 Å². The molecule has 0 saturated carbocycles. The molecule has 1 saturated heterocycles. The highest BCUT2D eigenvalue weighted by Crippen LogP contribution is 2.32. The molecule has 108 valence electrons. The Hall–Kier alpha value is -2.12. The van der Waals surface area contributed by atoms with Gasteiger partial charge in [0, 0.05) is 24.7 Å². The molecule has 21 heavy (non-hydrogen) atoms. The van der Waals surface area contributed by atoms with Gasteiger partial charge in [0.05, 0.1) is 16.8 Å². The minimum absolute atomic E-state index is 0.681. The summed E-state index contributed by atoms with van der Waals surface area (Å²) in [6, 6.07) is 10.4. The van der Waals surface area contributed by atoms with Crippen LogP contribution in [0.15, 0.2) is 30.5 Å². The zero-order valence-electron chi connectivity index (χ0n) is 12.3. The lowest BCUT2D eigenvalue weighted by Gasteiger charge is -2.34. The van der Waals surface area contributed by atoms with Crippen LogP contribution >= 0.6 is 0 Å². The maximum absolute atomic E-state index is 9.42. The minimum Gasteiger partial charge on any atom is -0.370 e. The van der Waals surface area contributed by atoms with E-state index < -0.39 is 0 Å². The molecule has 0 atom stereocenters. The molecular formula is C17H20N4. The number of pyridine rings is 1. The van der Waals surface area contributed by atoms with E-state index in [9.17, 15) is 5.26 Å².